The first-order chi connectivity index (χ1) is 14.7. The highest BCUT2D eigenvalue weighted by atomic mass is 19.1. The quantitative estimate of drug-likeness (QED) is 0.754. The number of hydrogen-bond donors (Lipinski definition) is 0. The predicted octanol–water partition coefficient (Wildman–Crippen LogP) is 4.42. The molecule has 0 saturated carbocycles. The molecule has 3 fully saturated rings. The Morgan fingerprint density at radius 3 is 2.43 bits per heavy atom. The Morgan fingerprint density at radius 2 is 1.73 bits per heavy atom. The lowest BCUT2D eigenvalue weighted by atomic mass is 9.63. The van der Waals surface area contributed by atoms with Crippen molar-refractivity contribution in [3.8, 4) is 0 Å². The van der Waals surface area contributed by atoms with E-state index in [0.29, 0.717) is 19.1 Å². The molecule has 158 valence electrons. The van der Waals surface area contributed by atoms with Crippen LogP contribution < -0.4 is 4.90 Å². The van der Waals surface area contributed by atoms with Crippen LogP contribution in [0.15, 0.2) is 54.6 Å². The van der Waals surface area contributed by atoms with E-state index in [-0.39, 0.29) is 23.2 Å². The van der Waals surface area contributed by atoms with Gasteiger partial charge in [0, 0.05) is 49.9 Å². The highest BCUT2D eigenvalue weighted by Crippen LogP contribution is 2.56. The minimum Gasteiger partial charge on any atom is -0.381 e. The number of hydrogen-bond acceptors (Lipinski definition) is 3. The van der Waals surface area contributed by atoms with E-state index in [1.165, 1.54) is 11.6 Å². The Bertz CT molecular complexity index is 889. The topological polar surface area (TPSA) is 32.8 Å². The molecule has 1 atom stereocenters. The number of carbonyl (C=O) groups is 1. The van der Waals surface area contributed by atoms with Crippen LogP contribution in [-0.4, -0.2) is 43.7 Å². The first-order valence-corrected chi connectivity index (χ1v) is 11.1. The average Bonchev–Trinajstić information content (AvgIpc) is 2.79. The number of amides is 1. The van der Waals surface area contributed by atoms with E-state index < -0.39 is 0 Å². The largest absolute Gasteiger partial charge is 0.381 e. The second-order valence-electron chi connectivity index (χ2n) is 9.00. The Morgan fingerprint density at radius 1 is 1.00 bits per heavy atom. The molecule has 0 aromatic heterocycles. The average molecular weight is 409 g/mol. The van der Waals surface area contributed by atoms with E-state index in [1.54, 1.807) is 12.1 Å². The second-order valence-corrected chi connectivity index (χ2v) is 9.00. The first kappa shape index (κ1) is 19.6. The monoisotopic (exact) mass is 408 g/mol. The van der Waals surface area contributed by atoms with E-state index in [1.807, 2.05) is 12.1 Å². The third kappa shape index (κ3) is 3.49. The van der Waals surface area contributed by atoms with Gasteiger partial charge in [0.05, 0.1) is 6.04 Å². The molecular formula is C25H29FN2O2. The number of likely N-dealkylation sites (tertiary alicyclic amines) is 1. The Kier molecular flexibility index (Phi) is 5.23. The zero-order valence-corrected chi connectivity index (χ0v) is 17.3. The van der Waals surface area contributed by atoms with Crippen molar-refractivity contribution in [2.75, 3.05) is 37.7 Å². The summed E-state index contributed by atoms with van der Waals surface area (Å²) in [6.07, 6.45) is 3.68. The van der Waals surface area contributed by atoms with Crippen molar-refractivity contribution >= 4 is 11.6 Å². The third-order valence-corrected chi connectivity index (χ3v) is 7.27. The zero-order chi connectivity index (χ0) is 20.6. The highest BCUT2D eigenvalue weighted by molar-refractivity contribution is 5.79. The van der Waals surface area contributed by atoms with Gasteiger partial charge in [-0.2, -0.15) is 0 Å². The van der Waals surface area contributed by atoms with Gasteiger partial charge in [-0.25, -0.2) is 4.39 Å². The van der Waals surface area contributed by atoms with Gasteiger partial charge in [0.1, 0.15) is 5.82 Å². The lowest BCUT2D eigenvalue weighted by Gasteiger charge is -2.61. The molecule has 1 amide bonds. The number of anilines is 1. The maximum absolute atomic E-state index is 13.9. The summed E-state index contributed by atoms with van der Waals surface area (Å²) in [5.74, 6) is 0.241. The zero-order valence-electron chi connectivity index (χ0n) is 17.3. The van der Waals surface area contributed by atoms with Gasteiger partial charge in [0.25, 0.3) is 0 Å². The summed E-state index contributed by atoms with van der Waals surface area (Å²) in [5, 5.41) is 0. The number of rotatable bonds is 3. The molecular weight excluding hydrogens is 379 g/mol. The molecule has 2 aromatic rings. The molecule has 3 saturated heterocycles. The highest BCUT2D eigenvalue weighted by Gasteiger charge is 2.54. The maximum atomic E-state index is 13.9. The van der Waals surface area contributed by atoms with Crippen LogP contribution in [0.1, 0.15) is 37.3 Å². The Balaban J connectivity index is 1.34. The van der Waals surface area contributed by atoms with Crippen molar-refractivity contribution in [2.24, 2.45) is 11.3 Å². The van der Waals surface area contributed by atoms with Crippen LogP contribution in [0.25, 0.3) is 0 Å². The number of halogens is 1. The van der Waals surface area contributed by atoms with Gasteiger partial charge in [-0.3, -0.25) is 4.79 Å². The van der Waals surface area contributed by atoms with Crippen LogP contribution in [-0.2, 0) is 9.53 Å². The van der Waals surface area contributed by atoms with Crippen molar-refractivity contribution in [3.05, 3.63) is 66.0 Å². The number of ether oxygens (including phenoxy) is 1. The third-order valence-electron chi connectivity index (χ3n) is 7.27. The van der Waals surface area contributed by atoms with Crippen molar-refractivity contribution < 1.29 is 13.9 Å². The Hall–Kier alpha value is -2.40. The molecule has 5 heteroatoms. The molecule has 4 nitrogen and oxygen atoms in total. The van der Waals surface area contributed by atoms with E-state index in [0.717, 1.165) is 51.0 Å². The maximum Gasteiger partial charge on any atom is 0.225 e. The summed E-state index contributed by atoms with van der Waals surface area (Å²) in [5.41, 5.74) is 2.35. The minimum atomic E-state index is -0.197. The number of carbonyl (C=O) groups excluding carboxylic acids is 1. The summed E-state index contributed by atoms with van der Waals surface area (Å²) in [4.78, 5) is 17.4. The van der Waals surface area contributed by atoms with Gasteiger partial charge in [-0.1, -0.05) is 36.4 Å². The van der Waals surface area contributed by atoms with Crippen LogP contribution in [0.4, 0.5) is 10.1 Å². The summed E-state index contributed by atoms with van der Waals surface area (Å²) in [6, 6.07) is 17.7. The fourth-order valence-corrected chi connectivity index (χ4v) is 5.61. The van der Waals surface area contributed by atoms with Gasteiger partial charge < -0.3 is 14.5 Å². The lowest BCUT2D eigenvalue weighted by molar-refractivity contribution is -0.141. The molecule has 3 aliphatic rings. The number of piperidine rings is 1. The molecule has 0 bridgehead atoms. The molecule has 1 spiro atoms. The standard InChI is InChI=1S/C25H29FN2O2/c26-21-7-4-8-22(17-21)28-18-25(23(28)19-5-2-1-3-6-19)11-13-27(14-12-25)24(29)20-9-15-30-16-10-20/h1-8,17,20,23H,9-16,18H2. The summed E-state index contributed by atoms with van der Waals surface area (Å²) >= 11 is 0. The normalized spacial score (nSPS) is 24.0. The molecule has 0 aliphatic carbocycles. The van der Waals surface area contributed by atoms with E-state index in [9.17, 15) is 9.18 Å². The van der Waals surface area contributed by atoms with Crippen LogP contribution in [0.5, 0.6) is 0 Å². The molecule has 2 aromatic carbocycles. The SMILES string of the molecule is O=C(C1CCOCC1)N1CCC2(CC1)CN(c1cccc(F)c1)C2c1ccccc1. The van der Waals surface area contributed by atoms with Gasteiger partial charge in [-0.15, -0.1) is 0 Å². The van der Waals surface area contributed by atoms with E-state index in [4.69, 9.17) is 4.74 Å². The number of nitrogens with zero attached hydrogens (tertiary/aromatic N) is 2. The fourth-order valence-electron chi connectivity index (χ4n) is 5.61. The van der Waals surface area contributed by atoms with Crippen LogP contribution in [0, 0.1) is 17.2 Å². The van der Waals surface area contributed by atoms with Gasteiger partial charge >= 0.3 is 0 Å². The van der Waals surface area contributed by atoms with E-state index in [2.05, 4.69) is 34.1 Å². The van der Waals surface area contributed by atoms with E-state index >= 15 is 0 Å². The summed E-state index contributed by atoms with van der Waals surface area (Å²) in [6.45, 7) is 3.95. The van der Waals surface area contributed by atoms with Crippen LogP contribution in [0.2, 0.25) is 0 Å². The first-order valence-electron chi connectivity index (χ1n) is 11.1. The van der Waals surface area contributed by atoms with Gasteiger partial charge in [0.2, 0.25) is 5.91 Å². The molecule has 3 aliphatic heterocycles. The van der Waals surface area contributed by atoms with Crippen molar-refractivity contribution in [2.45, 2.75) is 31.7 Å². The summed E-state index contributed by atoms with van der Waals surface area (Å²) in [7, 11) is 0. The second kappa shape index (κ2) is 8.03. The molecule has 1 unspecified atom stereocenters. The van der Waals surface area contributed by atoms with Crippen LogP contribution >= 0.6 is 0 Å². The van der Waals surface area contributed by atoms with Gasteiger partial charge in [-0.05, 0) is 49.4 Å². The van der Waals surface area contributed by atoms with Crippen molar-refractivity contribution in [3.63, 3.8) is 0 Å². The van der Waals surface area contributed by atoms with Gasteiger partial charge in [0.15, 0.2) is 0 Å². The molecule has 3 heterocycles. The van der Waals surface area contributed by atoms with Crippen molar-refractivity contribution in [1.29, 1.82) is 0 Å². The Labute approximate surface area is 177 Å². The lowest BCUT2D eigenvalue weighted by Crippen LogP contribution is -2.63. The van der Waals surface area contributed by atoms with Crippen LogP contribution in [0.3, 0.4) is 0 Å². The number of benzene rings is 2. The molecule has 30 heavy (non-hydrogen) atoms. The molecule has 5 rings (SSSR count). The molecule has 0 N–H and O–H groups in total. The fraction of sp³-hybridized carbons (Fsp3) is 0.480. The smallest absolute Gasteiger partial charge is 0.225 e. The summed E-state index contributed by atoms with van der Waals surface area (Å²) < 4.78 is 19.3. The predicted molar refractivity (Wildman–Crippen MR) is 115 cm³/mol. The molecule has 0 radical (unpaired) electrons. The van der Waals surface area contributed by atoms with Crippen molar-refractivity contribution in [1.82, 2.24) is 4.90 Å². The minimum absolute atomic E-state index is 0.128.